The summed E-state index contributed by atoms with van der Waals surface area (Å²) in [6, 6.07) is 4.16. The molecule has 1 aliphatic heterocycles. The van der Waals surface area contributed by atoms with Crippen molar-refractivity contribution in [2.75, 3.05) is 0 Å². The zero-order chi connectivity index (χ0) is 21.4. The Labute approximate surface area is 171 Å². The quantitative estimate of drug-likeness (QED) is 0.544. The zero-order valence-corrected chi connectivity index (χ0v) is 16.8. The number of aliphatic carboxylic acids is 1. The molecule has 0 bridgehead atoms. The van der Waals surface area contributed by atoms with Crippen LogP contribution in [0, 0.1) is 12.7 Å². The van der Waals surface area contributed by atoms with Crippen molar-refractivity contribution in [1.29, 1.82) is 0 Å². The van der Waals surface area contributed by atoms with E-state index >= 15 is 0 Å². The lowest BCUT2D eigenvalue weighted by molar-refractivity contribution is -0.160. The summed E-state index contributed by atoms with van der Waals surface area (Å²) in [5, 5.41) is 21.1. The number of aromatic nitrogens is 2. The number of hydrogen-bond acceptors (Lipinski definition) is 4. The van der Waals surface area contributed by atoms with Gasteiger partial charge in [0.05, 0.1) is 23.4 Å². The van der Waals surface area contributed by atoms with Crippen LogP contribution in [0.25, 0.3) is 22.3 Å². The second kappa shape index (κ2) is 6.22. The number of aryl methyl sites for hydroxylation is 2. The second-order valence-corrected chi connectivity index (χ2v) is 8.20. The van der Waals surface area contributed by atoms with Crippen molar-refractivity contribution >= 4 is 16.9 Å². The molecule has 0 saturated heterocycles. The molecule has 0 amide bonds. The van der Waals surface area contributed by atoms with Crippen molar-refractivity contribution in [2.45, 2.75) is 51.7 Å². The molecule has 1 aromatic carbocycles. The topological polar surface area (TPSA) is 92.4 Å². The maximum absolute atomic E-state index is 14.5. The summed E-state index contributed by atoms with van der Waals surface area (Å²) in [6.07, 6.45) is 2.44. The summed E-state index contributed by atoms with van der Waals surface area (Å²) in [7, 11) is 0. The largest absolute Gasteiger partial charge is 0.479 e. The molecule has 0 spiro atoms. The summed E-state index contributed by atoms with van der Waals surface area (Å²) in [6.45, 7) is 3.68. The Bertz CT molecular complexity index is 1330. The first kappa shape index (κ1) is 18.9. The number of benzene rings is 1. The maximum Gasteiger partial charge on any atom is 0.340 e. The number of carboxylic acids is 1. The standard InChI is InChI=1S/C23H21FN2O4/c1-3-23(30,22(28)29)12-7-18-21-15(10-26(18)19(27)8-12)14-6-4-5-13-11(2)16(24)9-17(25-21)20(13)14/h7-9,30H,3-6,10H2,1-2H3,(H,28,29)/t23-/m0/s1. The van der Waals surface area contributed by atoms with Gasteiger partial charge in [-0.05, 0) is 55.4 Å². The summed E-state index contributed by atoms with van der Waals surface area (Å²) in [5.74, 6) is -1.70. The lowest BCUT2D eigenvalue weighted by Crippen LogP contribution is -2.36. The number of fused-ring (bicyclic) bond motifs is 4. The highest BCUT2D eigenvalue weighted by Crippen LogP contribution is 2.41. The minimum absolute atomic E-state index is 0.0351. The van der Waals surface area contributed by atoms with Gasteiger partial charge in [-0.25, -0.2) is 14.2 Å². The summed E-state index contributed by atoms with van der Waals surface area (Å²) in [5.41, 5.74) is 2.73. The van der Waals surface area contributed by atoms with E-state index in [-0.39, 0.29) is 23.4 Å². The van der Waals surface area contributed by atoms with Crippen molar-refractivity contribution < 1.29 is 19.4 Å². The maximum atomic E-state index is 14.5. The molecule has 1 aliphatic carbocycles. The van der Waals surface area contributed by atoms with Gasteiger partial charge in [-0.3, -0.25) is 4.79 Å². The van der Waals surface area contributed by atoms with Crippen LogP contribution in [0.5, 0.6) is 0 Å². The van der Waals surface area contributed by atoms with E-state index in [0.29, 0.717) is 29.0 Å². The van der Waals surface area contributed by atoms with Gasteiger partial charge in [0.25, 0.3) is 5.56 Å². The van der Waals surface area contributed by atoms with Crippen LogP contribution in [0.3, 0.4) is 0 Å². The first-order valence-electron chi connectivity index (χ1n) is 10.1. The third-order valence-corrected chi connectivity index (χ3v) is 6.70. The average molecular weight is 408 g/mol. The summed E-state index contributed by atoms with van der Waals surface area (Å²) < 4.78 is 16.1. The molecule has 30 heavy (non-hydrogen) atoms. The van der Waals surface area contributed by atoms with Crippen LogP contribution in [0.15, 0.2) is 23.0 Å². The first-order chi connectivity index (χ1) is 14.3. The lowest BCUT2D eigenvalue weighted by atomic mass is 9.84. The van der Waals surface area contributed by atoms with Gasteiger partial charge >= 0.3 is 5.97 Å². The van der Waals surface area contributed by atoms with Crippen molar-refractivity contribution in [3.63, 3.8) is 0 Å². The van der Waals surface area contributed by atoms with E-state index in [1.807, 2.05) is 0 Å². The third-order valence-electron chi connectivity index (χ3n) is 6.70. The molecule has 0 fully saturated rings. The highest BCUT2D eigenvalue weighted by Gasteiger charge is 2.38. The molecular formula is C23H21FN2O4. The smallest absolute Gasteiger partial charge is 0.340 e. The SMILES string of the molecule is CC[C@@](O)(C(=O)O)c1cc2n(c(=O)c1)Cc1c-2nc2cc(F)c(C)c3c2c1CCC3. The molecule has 3 aromatic rings. The van der Waals surface area contributed by atoms with Gasteiger partial charge in [-0.2, -0.15) is 0 Å². The van der Waals surface area contributed by atoms with Crippen molar-refractivity contribution in [3.05, 3.63) is 62.2 Å². The van der Waals surface area contributed by atoms with Crippen LogP contribution in [0.1, 0.15) is 47.6 Å². The van der Waals surface area contributed by atoms with Crippen LogP contribution in [-0.4, -0.2) is 25.7 Å². The van der Waals surface area contributed by atoms with E-state index in [9.17, 15) is 24.2 Å². The van der Waals surface area contributed by atoms with E-state index in [4.69, 9.17) is 4.98 Å². The Kier molecular flexibility index (Phi) is 3.92. The third kappa shape index (κ3) is 2.35. The Morgan fingerprint density at radius 2 is 1.97 bits per heavy atom. The van der Waals surface area contributed by atoms with Gasteiger partial charge < -0.3 is 14.8 Å². The van der Waals surface area contributed by atoms with Gasteiger partial charge in [-0.15, -0.1) is 0 Å². The van der Waals surface area contributed by atoms with Crippen LogP contribution in [0.4, 0.5) is 4.39 Å². The van der Waals surface area contributed by atoms with Crippen molar-refractivity contribution in [1.82, 2.24) is 9.55 Å². The summed E-state index contributed by atoms with van der Waals surface area (Å²) in [4.78, 5) is 29.2. The zero-order valence-electron chi connectivity index (χ0n) is 16.8. The normalized spacial score (nSPS) is 16.3. The fourth-order valence-corrected chi connectivity index (χ4v) is 4.94. The van der Waals surface area contributed by atoms with Crippen LogP contribution in [-0.2, 0) is 29.8 Å². The molecule has 2 aromatic heterocycles. The number of aliphatic hydroxyl groups is 1. The van der Waals surface area contributed by atoms with E-state index in [1.54, 1.807) is 18.4 Å². The second-order valence-electron chi connectivity index (χ2n) is 8.20. The highest BCUT2D eigenvalue weighted by molar-refractivity contribution is 5.92. The van der Waals surface area contributed by atoms with Gasteiger partial charge in [0.15, 0.2) is 5.60 Å². The van der Waals surface area contributed by atoms with Crippen molar-refractivity contribution in [3.8, 4) is 11.4 Å². The van der Waals surface area contributed by atoms with Gasteiger partial charge in [0, 0.05) is 28.6 Å². The molecule has 1 atom stereocenters. The predicted molar refractivity (Wildman–Crippen MR) is 109 cm³/mol. The minimum atomic E-state index is -2.15. The number of rotatable bonds is 3. The molecule has 3 heterocycles. The number of halogens is 1. The molecule has 154 valence electrons. The van der Waals surface area contributed by atoms with Crippen LogP contribution < -0.4 is 5.56 Å². The molecule has 2 aliphatic rings. The minimum Gasteiger partial charge on any atom is -0.479 e. The molecular weight excluding hydrogens is 387 g/mol. The molecule has 0 unspecified atom stereocenters. The number of carbonyl (C=O) groups is 1. The van der Waals surface area contributed by atoms with E-state index in [1.165, 1.54) is 18.2 Å². The molecule has 0 radical (unpaired) electrons. The first-order valence-corrected chi connectivity index (χ1v) is 10.1. The number of hydrogen-bond donors (Lipinski definition) is 2. The Balaban J connectivity index is 1.82. The Hall–Kier alpha value is -3.06. The van der Waals surface area contributed by atoms with Gasteiger partial charge in [0.2, 0.25) is 0 Å². The number of carboxylic acid groups (broad SMARTS) is 1. The molecule has 7 heteroatoms. The van der Waals surface area contributed by atoms with Crippen LogP contribution in [0.2, 0.25) is 0 Å². The summed E-state index contributed by atoms with van der Waals surface area (Å²) >= 11 is 0. The Morgan fingerprint density at radius 1 is 1.23 bits per heavy atom. The average Bonchev–Trinajstić information content (AvgIpc) is 3.10. The predicted octanol–water partition coefficient (Wildman–Crippen LogP) is 3.04. The van der Waals surface area contributed by atoms with Gasteiger partial charge in [0.1, 0.15) is 5.82 Å². The molecule has 2 N–H and O–H groups in total. The lowest BCUT2D eigenvalue weighted by Gasteiger charge is -2.23. The number of nitrogens with zero attached hydrogens (tertiary/aromatic N) is 2. The number of pyridine rings is 2. The molecule has 6 nitrogen and oxygen atoms in total. The molecule has 5 rings (SSSR count). The fraction of sp³-hybridized carbons (Fsp3) is 0.348. The van der Waals surface area contributed by atoms with Gasteiger partial charge in [-0.1, -0.05) is 6.92 Å². The monoisotopic (exact) mass is 408 g/mol. The Morgan fingerprint density at radius 3 is 2.67 bits per heavy atom. The van der Waals surface area contributed by atoms with E-state index in [0.717, 1.165) is 41.3 Å². The van der Waals surface area contributed by atoms with E-state index < -0.39 is 11.6 Å². The highest BCUT2D eigenvalue weighted by atomic mass is 19.1. The van der Waals surface area contributed by atoms with E-state index in [2.05, 4.69) is 0 Å². The fourth-order valence-electron chi connectivity index (χ4n) is 4.94. The van der Waals surface area contributed by atoms with Crippen molar-refractivity contribution in [2.24, 2.45) is 0 Å². The molecule has 0 saturated carbocycles. The van der Waals surface area contributed by atoms with Crippen LogP contribution >= 0.6 is 0 Å².